The zero-order valence-electron chi connectivity index (χ0n) is 22.6. The van der Waals surface area contributed by atoms with E-state index in [2.05, 4.69) is 20.9 Å². The van der Waals surface area contributed by atoms with Crippen LogP contribution in [-0.4, -0.2) is 82.6 Å². The lowest BCUT2D eigenvalue weighted by molar-refractivity contribution is -0.142. The van der Waals surface area contributed by atoms with E-state index < -0.39 is 53.8 Å². The summed E-state index contributed by atoms with van der Waals surface area (Å²) in [6.07, 6.45) is 2.82. The minimum absolute atomic E-state index is 0.0300. The Bertz CT molecular complexity index is 986. The molecule has 0 aromatic heterocycles. The number of nitrogens with zero attached hydrogens (tertiary/aromatic N) is 1. The summed E-state index contributed by atoms with van der Waals surface area (Å²) in [4.78, 5) is 54.7. The number of amides is 3. The van der Waals surface area contributed by atoms with Crippen molar-refractivity contribution in [3.8, 4) is 5.75 Å². The van der Waals surface area contributed by atoms with Crippen LogP contribution < -0.4 is 33.2 Å². The number of aliphatic imine (C=N–C) groups is 1. The Morgan fingerprint density at radius 2 is 1.56 bits per heavy atom. The average molecular weight is 568 g/mol. The predicted molar refractivity (Wildman–Crippen MR) is 151 cm³/mol. The van der Waals surface area contributed by atoms with Crippen LogP contribution in [0.1, 0.15) is 38.7 Å². The molecule has 0 aliphatic heterocycles. The third-order valence-electron chi connectivity index (χ3n) is 5.79. The van der Waals surface area contributed by atoms with Crippen LogP contribution in [0.4, 0.5) is 0 Å². The summed E-state index contributed by atoms with van der Waals surface area (Å²) in [7, 11) is 0. The fraction of sp³-hybridized carbons (Fsp3) is 0.560. The van der Waals surface area contributed by atoms with E-state index in [0.29, 0.717) is 24.2 Å². The number of carbonyl (C=O) groups excluding carboxylic acids is 3. The lowest BCUT2D eigenvalue weighted by Gasteiger charge is -2.27. The molecule has 11 N–H and O–H groups in total. The van der Waals surface area contributed by atoms with E-state index in [-0.39, 0.29) is 31.1 Å². The number of guanidine groups is 1. The molecule has 39 heavy (non-hydrogen) atoms. The highest BCUT2D eigenvalue weighted by atomic mass is 32.2. The molecule has 1 aromatic carbocycles. The normalized spacial score (nSPS) is 14.0. The van der Waals surface area contributed by atoms with Gasteiger partial charge in [0.2, 0.25) is 17.7 Å². The molecule has 0 aliphatic rings. The molecular formula is C25H41N7O6S. The molecule has 1 aromatic rings. The molecule has 3 amide bonds. The zero-order valence-corrected chi connectivity index (χ0v) is 23.4. The Balaban J connectivity index is 2.99. The lowest BCUT2D eigenvalue weighted by Crippen LogP contribution is -2.58. The predicted octanol–water partition coefficient (Wildman–Crippen LogP) is -0.736. The monoisotopic (exact) mass is 567 g/mol. The first-order valence-electron chi connectivity index (χ1n) is 12.6. The van der Waals surface area contributed by atoms with Gasteiger partial charge in [-0.15, -0.1) is 0 Å². The van der Waals surface area contributed by atoms with Gasteiger partial charge < -0.3 is 43.4 Å². The number of carboxylic acids is 1. The van der Waals surface area contributed by atoms with Gasteiger partial charge >= 0.3 is 5.97 Å². The zero-order chi connectivity index (χ0) is 29.5. The summed E-state index contributed by atoms with van der Waals surface area (Å²) >= 11 is 1.54. The van der Waals surface area contributed by atoms with Gasteiger partial charge in [-0.3, -0.25) is 19.4 Å². The first-order chi connectivity index (χ1) is 18.3. The number of benzene rings is 1. The second kappa shape index (κ2) is 17.1. The molecule has 0 bridgehead atoms. The number of thioether (sulfide) groups is 1. The van der Waals surface area contributed by atoms with E-state index in [1.54, 1.807) is 26.0 Å². The summed E-state index contributed by atoms with van der Waals surface area (Å²) < 4.78 is 0. The van der Waals surface area contributed by atoms with Gasteiger partial charge in [-0.1, -0.05) is 26.0 Å². The molecule has 14 heteroatoms. The Morgan fingerprint density at radius 3 is 2.10 bits per heavy atom. The molecule has 0 saturated carbocycles. The smallest absolute Gasteiger partial charge is 0.326 e. The topological polar surface area (TPSA) is 235 Å². The molecule has 218 valence electrons. The fourth-order valence-electron chi connectivity index (χ4n) is 3.55. The van der Waals surface area contributed by atoms with E-state index in [1.165, 1.54) is 23.9 Å². The summed E-state index contributed by atoms with van der Waals surface area (Å²) in [5, 5.41) is 26.9. The van der Waals surface area contributed by atoms with Crippen LogP contribution in [0.15, 0.2) is 29.3 Å². The van der Waals surface area contributed by atoms with E-state index in [0.717, 1.165) is 0 Å². The van der Waals surface area contributed by atoms with Crippen LogP contribution in [0.2, 0.25) is 0 Å². The number of nitrogens with two attached hydrogens (primary N) is 3. The van der Waals surface area contributed by atoms with Gasteiger partial charge in [0, 0.05) is 13.0 Å². The van der Waals surface area contributed by atoms with E-state index >= 15 is 0 Å². The fourth-order valence-corrected chi connectivity index (χ4v) is 4.03. The minimum atomic E-state index is -1.27. The summed E-state index contributed by atoms with van der Waals surface area (Å²) in [6, 6.07) is 1.76. The van der Waals surface area contributed by atoms with Crippen LogP contribution in [0.5, 0.6) is 5.75 Å². The number of carbonyl (C=O) groups is 4. The molecule has 0 aliphatic carbocycles. The number of aromatic hydroxyl groups is 1. The van der Waals surface area contributed by atoms with Crippen molar-refractivity contribution in [2.24, 2.45) is 28.1 Å². The Morgan fingerprint density at radius 1 is 0.949 bits per heavy atom. The number of nitrogens with one attached hydrogen (secondary N) is 3. The third kappa shape index (κ3) is 12.7. The maximum absolute atomic E-state index is 13.2. The van der Waals surface area contributed by atoms with E-state index in [1.807, 2.05) is 6.26 Å². The summed E-state index contributed by atoms with van der Waals surface area (Å²) in [5.74, 6) is -2.88. The van der Waals surface area contributed by atoms with Crippen LogP contribution in [0.25, 0.3) is 0 Å². The van der Waals surface area contributed by atoms with Crippen molar-refractivity contribution in [2.45, 2.75) is 63.7 Å². The van der Waals surface area contributed by atoms with Gasteiger partial charge in [0.1, 0.15) is 23.9 Å². The van der Waals surface area contributed by atoms with Gasteiger partial charge in [-0.2, -0.15) is 11.8 Å². The molecule has 0 spiro atoms. The molecule has 4 atom stereocenters. The number of phenols is 1. The summed E-state index contributed by atoms with van der Waals surface area (Å²) in [6.45, 7) is 3.63. The molecule has 0 fully saturated rings. The number of aliphatic carboxylic acids is 1. The number of hydrogen-bond donors (Lipinski definition) is 8. The quantitative estimate of drug-likeness (QED) is 0.0667. The number of rotatable bonds is 17. The second-order valence-electron chi connectivity index (χ2n) is 9.40. The molecular weight excluding hydrogens is 526 g/mol. The highest BCUT2D eigenvalue weighted by molar-refractivity contribution is 7.98. The number of phenolic OH excluding ortho intramolecular Hbond substituents is 1. The van der Waals surface area contributed by atoms with Crippen LogP contribution in [-0.2, 0) is 25.6 Å². The largest absolute Gasteiger partial charge is 0.508 e. The SMILES string of the molecule is CSCCC(N)C(=O)NC(CCCN=C(N)N)C(=O)NC(C(=O)NC(Cc1ccc(O)cc1)C(=O)O)C(C)C. The van der Waals surface area contributed by atoms with Crippen molar-refractivity contribution in [1.29, 1.82) is 0 Å². The van der Waals surface area contributed by atoms with Crippen molar-refractivity contribution < 1.29 is 29.4 Å². The van der Waals surface area contributed by atoms with Crippen molar-refractivity contribution in [3.05, 3.63) is 29.8 Å². The van der Waals surface area contributed by atoms with Gasteiger partial charge in [-0.05, 0) is 54.9 Å². The van der Waals surface area contributed by atoms with Gasteiger partial charge in [0.25, 0.3) is 0 Å². The van der Waals surface area contributed by atoms with Crippen molar-refractivity contribution in [3.63, 3.8) is 0 Å². The van der Waals surface area contributed by atoms with Crippen LogP contribution in [0.3, 0.4) is 0 Å². The van der Waals surface area contributed by atoms with E-state index in [4.69, 9.17) is 17.2 Å². The van der Waals surface area contributed by atoms with Crippen molar-refractivity contribution in [2.75, 3.05) is 18.6 Å². The van der Waals surface area contributed by atoms with Crippen molar-refractivity contribution >= 4 is 41.4 Å². The standard InChI is InChI=1S/C25H41N7O6S/c1-14(2)20(23(36)31-19(24(37)38)13-15-6-8-16(33)9-7-15)32-22(35)18(5-4-11-29-25(27)28)30-21(34)17(26)10-12-39-3/h6-9,14,17-20,33H,4-5,10-13,26H2,1-3H3,(H,30,34)(H,31,36)(H,32,35)(H,37,38)(H4,27,28,29). The number of hydrogen-bond acceptors (Lipinski definition) is 8. The number of carboxylic acid groups (broad SMARTS) is 1. The Hall–Kier alpha value is -3.52. The van der Waals surface area contributed by atoms with Crippen molar-refractivity contribution in [1.82, 2.24) is 16.0 Å². The minimum Gasteiger partial charge on any atom is -0.508 e. The Labute approximate surface area is 232 Å². The summed E-state index contributed by atoms with van der Waals surface area (Å²) in [5.41, 5.74) is 17.2. The van der Waals surface area contributed by atoms with Gasteiger partial charge in [0.15, 0.2) is 5.96 Å². The molecule has 13 nitrogen and oxygen atoms in total. The molecule has 4 unspecified atom stereocenters. The first kappa shape index (κ1) is 33.5. The molecule has 0 radical (unpaired) electrons. The maximum atomic E-state index is 13.2. The highest BCUT2D eigenvalue weighted by Crippen LogP contribution is 2.12. The highest BCUT2D eigenvalue weighted by Gasteiger charge is 2.32. The first-order valence-corrected chi connectivity index (χ1v) is 14.0. The molecule has 0 heterocycles. The van der Waals surface area contributed by atoms with Gasteiger partial charge in [0.05, 0.1) is 6.04 Å². The Kier molecular flexibility index (Phi) is 14.7. The lowest BCUT2D eigenvalue weighted by atomic mass is 10.00. The molecule has 0 saturated heterocycles. The van der Waals surface area contributed by atoms with E-state index in [9.17, 15) is 29.4 Å². The average Bonchev–Trinajstić information content (AvgIpc) is 2.87. The third-order valence-corrected chi connectivity index (χ3v) is 6.43. The van der Waals surface area contributed by atoms with Gasteiger partial charge in [-0.25, -0.2) is 4.79 Å². The molecule has 1 rings (SSSR count). The second-order valence-corrected chi connectivity index (χ2v) is 10.4. The van der Waals surface area contributed by atoms with Crippen LogP contribution in [0, 0.1) is 5.92 Å². The van der Waals surface area contributed by atoms with Crippen LogP contribution >= 0.6 is 11.8 Å². The maximum Gasteiger partial charge on any atom is 0.326 e.